The summed E-state index contributed by atoms with van der Waals surface area (Å²) in [6.45, 7) is -0.238. The molecule has 0 spiro atoms. The second-order valence-electron chi connectivity index (χ2n) is 5.19. The maximum Gasteiger partial charge on any atom is 0.338 e. The summed E-state index contributed by atoms with van der Waals surface area (Å²) in [5.74, 6) is -2.19. The molecule has 2 aromatic carbocycles. The molecule has 0 radical (unpaired) electrons. The van der Waals surface area contributed by atoms with Gasteiger partial charge in [-0.15, -0.1) is 0 Å². The van der Waals surface area contributed by atoms with E-state index in [1.807, 2.05) is 5.32 Å². The highest BCUT2D eigenvalue weighted by Gasteiger charge is 2.13. The van der Waals surface area contributed by atoms with Crippen LogP contribution in [0.3, 0.4) is 0 Å². The molecule has 0 saturated heterocycles. The maximum absolute atomic E-state index is 13.4. The lowest BCUT2D eigenvalue weighted by molar-refractivity contribution is -0.123. The molecule has 0 fully saturated rings. The van der Waals surface area contributed by atoms with E-state index in [-0.39, 0.29) is 11.3 Å². The molecule has 0 aliphatic heterocycles. The van der Waals surface area contributed by atoms with Gasteiger partial charge in [0, 0.05) is 7.11 Å². The number of methoxy groups -OCH3 is 1. The molecule has 7 nitrogen and oxygen atoms in total. The summed E-state index contributed by atoms with van der Waals surface area (Å²) in [5, 5.41) is 4.12. The molecule has 0 aliphatic rings. The molecule has 2 aromatic rings. The quantitative estimate of drug-likeness (QED) is 0.772. The van der Waals surface area contributed by atoms with Gasteiger partial charge in [-0.25, -0.2) is 14.0 Å². The molecule has 8 heteroatoms. The molecule has 26 heavy (non-hydrogen) atoms. The number of anilines is 1. The highest BCUT2D eigenvalue weighted by atomic mass is 19.1. The number of hydrogen-bond acceptors (Lipinski definition) is 5. The molecule has 2 rings (SSSR count). The number of nitrogens with one attached hydrogen (secondary N) is 2. The third-order valence-electron chi connectivity index (χ3n) is 3.21. The number of para-hydroxylation sites is 1. The van der Waals surface area contributed by atoms with Crippen molar-refractivity contribution in [2.75, 3.05) is 19.0 Å². The van der Waals surface area contributed by atoms with Gasteiger partial charge in [0.25, 0.3) is 5.91 Å². The number of amides is 3. The Hall–Kier alpha value is -3.26. The number of imide groups is 1. The molecule has 0 saturated carbocycles. The van der Waals surface area contributed by atoms with Crippen molar-refractivity contribution in [1.29, 1.82) is 0 Å². The fourth-order valence-corrected chi connectivity index (χ4v) is 2.00. The van der Waals surface area contributed by atoms with E-state index in [0.717, 1.165) is 11.6 Å². The van der Waals surface area contributed by atoms with E-state index in [4.69, 9.17) is 9.47 Å². The van der Waals surface area contributed by atoms with Crippen LogP contribution in [0.4, 0.5) is 14.9 Å². The van der Waals surface area contributed by atoms with Gasteiger partial charge >= 0.3 is 12.0 Å². The van der Waals surface area contributed by atoms with Gasteiger partial charge < -0.3 is 14.8 Å². The summed E-state index contributed by atoms with van der Waals surface area (Å²) in [4.78, 5) is 35.1. The lowest BCUT2D eigenvalue weighted by Crippen LogP contribution is -2.37. The van der Waals surface area contributed by atoms with Crippen molar-refractivity contribution in [2.45, 2.75) is 6.61 Å². The second-order valence-corrected chi connectivity index (χ2v) is 5.19. The lowest BCUT2D eigenvalue weighted by atomic mass is 10.1. The minimum absolute atomic E-state index is 0.0778. The van der Waals surface area contributed by atoms with Crippen molar-refractivity contribution in [2.24, 2.45) is 0 Å². The van der Waals surface area contributed by atoms with E-state index in [0.29, 0.717) is 6.61 Å². The number of urea groups is 1. The number of rotatable bonds is 6. The Balaban J connectivity index is 1.79. The number of benzene rings is 2. The smallest absolute Gasteiger partial charge is 0.338 e. The Bertz CT molecular complexity index is 792. The van der Waals surface area contributed by atoms with Crippen LogP contribution in [-0.4, -0.2) is 31.6 Å². The zero-order valence-electron chi connectivity index (χ0n) is 14.0. The average Bonchev–Trinajstić information content (AvgIpc) is 2.62. The fourth-order valence-electron chi connectivity index (χ4n) is 2.00. The first kappa shape index (κ1) is 19.1. The SMILES string of the molecule is COCc1ccc(C(=O)OCC(=O)NC(=O)Nc2ccccc2F)cc1. The van der Waals surface area contributed by atoms with Crippen LogP contribution < -0.4 is 10.6 Å². The Morgan fingerprint density at radius 2 is 1.73 bits per heavy atom. The van der Waals surface area contributed by atoms with Crippen molar-refractivity contribution in [3.8, 4) is 0 Å². The highest BCUT2D eigenvalue weighted by molar-refractivity contribution is 6.02. The monoisotopic (exact) mass is 360 g/mol. The standard InChI is InChI=1S/C18H17FN2O5/c1-25-10-12-6-8-13(9-7-12)17(23)26-11-16(22)21-18(24)20-15-5-3-2-4-14(15)19/h2-9H,10-11H2,1H3,(H2,20,21,22,24). The normalized spacial score (nSPS) is 10.1. The molecular formula is C18H17FN2O5. The number of carbonyl (C=O) groups is 3. The summed E-state index contributed by atoms with van der Waals surface area (Å²) in [6, 6.07) is 11.0. The second kappa shape index (κ2) is 9.28. The van der Waals surface area contributed by atoms with Gasteiger partial charge in [0.05, 0.1) is 17.9 Å². The molecular weight excluding hydrogens is 343 g/mol. The van der Waals surface area contributed by atoms with E-state index < -0.39 is 30.3 Å². The minimum atomic E-state index is -0.930. The van der Waals surface area contributed by atoms with Crippen molar-refractivity contribution in [1.82, 2.24) is 5.32 Å². The van der Waals surface area contributed by atoms with E-state index in [1.54, 1.807) is 31.4 Å². The topological polar surface area (TPSA) is 93.7 Å². The molecule has 2 N–H and O–H groups in total. The Morgan fingerprint density at radius 3 is 2.38 bits per heavy atom. The van der Waals surface area contributed by atoms with Gasteiger partial charge in [-0.05, 0) is 29.8 Å². The first-order valence-corrected chi connectivity index (χ1v) is 7.60. The summed E-state index contributed by atoms with van der Waals surface area (Å²) in [6.07, 6.45) is 0. The zero-order chi connectivity index (χ0) is 18.9. The largest absolute Gasteiger partial charge is 0.452 e. The molecule has 0 heterocycles. The number of esters is 1. The maximum atomic E-state index is 13.4. The van der Waals surface area contributed by atoms with Crippen molar-refractivity contribution in [3.63, 3.8) is 0 Å². The van der Waals surface area contributed by atoms with E-state index in [2.05, 4.69) is 5.32 Å². The molecule has 0 bridgehead atoms. The Morgan fingerprint density at radius 1 is 1.04 bits per heavy atom. The van der Waals surface area contributed by atoms with Gasteiger partial charge in [0.2, 0.25) is 0 Å². The molecule has 3 amide bonds. The minimum Gasteiger partial charge on any atom is -0.452 e. The third-order valence-corrected chi connectivity index (χ3v) is 3.21. The first-order valence-electron chi connectivity index (χ1n) is 7.60. The molecule has 0 aromatic heterocycles. The van der Waals surface area contributed by atoms with Crippen molar-refractivity contribution >= 4 is 23.6 Å². The van der Waals surface area contributed by atoms with Crippen molar-refractivity contribution < 1.29 is 28.2 Å². The number of ether oxygens (including phenoxy) is 2. The molecule has 0 aliphatic carbocycles. The predicted octanol–water partition coefficient (Wildman–Crippen LogP) is 2.48. The van der Waals surface area contributed by atoms with Crippen LogP contribution in [0, 0.1) is 5.82 Å². The summed E-state index contributed by atoms with van der Waals surface area (Å²) in [7, 11) is 1.56. The Labute approximate surface area is 149 Å². The van der Waals surface area contributed by atoms with Gasteiger partial charge in [-0.2, -0.15) is 0 Å². The molecule has 0 unspecified atom stereocenters. The van der Waals surface area contributed by atoms with Gasteiger partial charge in [-0.3, -0.25) is 10.1 Å². The van der Waals surface area contributed by atoms with E-state index in [9.17, 15) is 18.8 Å². The van der Waals surface area contributed by atoms with Gasteiger partial charge in [0.15, 0.2) is 6.61 Å². The third kappa shape index (κ3) is 5.67. The van der Waals surface area contributed by atoms with Gasteiger partial charge in [0.1, 0.15) is 5.82 Å². The van der Waals surface area contributed by atoms with Crippen molar-refractivity contribution in [3.05, 3.63) is 65.5 Å². The fraction of sp³-hybridized carbons (Fsp3) is 0.167. The van der Waals surface area contributed by atoms with Crippen LogP contribution in [0.25, 0.3) is 0 Å². The van der Waals surface area contributed by atoms with Crippen LogP contribution >= 0.6 is 0 Å². The van der Waals surface area contributed by atoms with Crippen LogP contribution in [0.5, 0.6) is 0 Å². The van der Waals surface area contributed by atoms with Crippen LogP contribution in [-0.2, 0) is 20.9 Å². The average molecular weight is 360 g/mol. The van der Waals surface area contributed by atoms with Crippen LogP contribution in [0.2, 0.25) is 0 Å². The zero-order valence-corrected chi connectivity index (χ0v) is 14.0. The summed E-state index contributed by atoms with van der Waals surface area (Å²) < 4.78 is 23.2. The Kier molecular flexibility index (Phi) is 6.81. The molecule has 136 valence electrons. The number of halogens is 1. The van der Waals surface area contributed by atoms with Gasteiger partial charge in [-0.1, -0.05) is 24.3 Å². The van der Waals surface area contributed by atoms with Crippen LogP contribution in [0.1, 0.15) is 15.9 Å². The first-order chi connectivity index (χ1) is 12.5. The number of carbonyl (C=O) groups excluding carboxylic acids is 3. The lowest BCUT2D eigenvalue weighted by Gasteiger charge is -2.08. The predicted molar refractivity (Wildman–Crippen MR) is 91.0 cm³/mol. The van der Waals surface area contributed by atoms with E-state index in [1.165, 1.54) is 18.2 Å². The summed E-state index contributed by atoms with van der Waals surface area (Å²) >= 11 is 0. The molecule has 0 atom stereocenters. The summed E-state index contributed by atoms with van der Waals surface area (Å²) in [5.41, 5.74) is 1.06. The highest BCUT2D eigenvalue weighted by Crippen LogP contribution is 2.11. The van der Waals surface area contributed by atoms with Crippen LogP contribution in [0.15, 0.2) is 48.5 Å². The number of hydrogen-bond donors (Lipinski definition) is 2. The van der Waals surface area contributed by atoms with E-state index >= 15 is 0 Å².